The second-order valence-electron chi connectivity index (χ2n) is 2.35. The fourth-order valence-electron chi connectivity index (χ4n) is 0.711. The Kier molecular flexibility index (Phi) is 8.61. The lowest BCUT2D eigenvalue weighted by molar-refractivity contribution is 0.479. The summed E-state index contributed by atoms with van der Waals surface area (Å²) >= 11 is 0. The molecule has 5 heteroatoms. The third-order valence-electron chi connectivity index (χ3n) is 1.26. The van der Waals surface area contributed by atoms with Crippen molar-refractivity contribution in [2.24, 2.45) is 0 Å². The molecule has 0 bridgehead atoms. The Labute approximate surface area is 74.3 Å². The summed E-state index contributed by atoms with van der Waals surface area (Å²) in [6.07, 6.45) is 3.57. The first kappa shape index (κ1) is 13.8. The number of unbranched alkanes of at least 4 members (excludes halogenated alkanes) is 3. The lowest BCUT2D eigenvalue weighted by Gasteiger charge is -1.95. The molecule has 0 saturated carbocycles. The van der Waals surface area contributed by atoms with Gasteiger partial charge >= 0.3 is 0 Å². The summed E-state index contributed by atoms with van der Waals surface area (Å²) in [5.41, 5.74) is 0. The zero-order valence-corrected chi connectivity index (χ0v) is 8.25. The van der Waals surface area contributed by atoms with Crippen LogP contribution in [0, 0.1) is 0 Å². The van der Waals surface area contributed by atoms with Gasteiger partial charge in [-0.25, -0.2) is 0 Å². The average Bonchev–Trinajstić information content (AvgIpc) is 1.78. The normalized spacial score (nSPS) is 10.7. The molecule has 0 spiro atoms. The average molecular weight is 203 g/mol. The van der Waals surface area contributed by atoms with Crippen LogP contribution in [-0.4, -0.2) is 18.7 Å². The zero-order valence-electron chi connectivity index (χ0n) is 6.62. The molecule has 0 aliphatic carbocycles. The van der Waals surface area contributed by atoms with Crippen LogP contribution in [0.15, 0.2) is 0 Å². The highest BCUT2D eigenvalue weighted by molar-refractivity contribution is 7.85. The minimum Gasteiger partial charge on any atom is -0.286 e. The number of hydrogen-bond donors (Lipinski definition) is 1. The van der Waals surface area contributed by atoms with Gasteiger partial charge in [0.05, 0.1) is 5.75 Å². The van der Waals surface area contributed by atoms with Crippen molar-refractivity contribution in [1.29, 1.82) is 0 Å². The van der Waals surface area contributed by atoms with Crippen LogP contribution in [0.25, 0.3) is 0 Å². The number of rotatable bonds is 5. The first-order valence-electron chi connectivity index (χ1n) is 3.51. The van der Waals surface area contributed by atoms with E-state index in [1.807, 2.05) is 6.92 Å². The quantitative estimate of drug-likeness (QED) is 0.547. The van der Waals surface area contributed by atoms with Gasteiger partial charge in [0.1, 0.15) is 0 Å². The minimum absolute atomic E-state index is 0. The molecule has 0 heterocycles. The van der Waals surface area contributed by atoms with E-state index in [-0.39, 0.29) is 18.2 Å². The van der Waals surface area contributed by atoms with E-state index < -0.39 is 10.1 Å². The van der Waals surface area contributed by atoms with Crippen molar-refractivity contribution in [1.82, 2.24) is 0 Å². The molecule has 0 fully saturated rings. The van der Waals surface area contributed by atoms with Crippen molar-refractivity contribution in [2.45, 2.75) is 32.6 Å². The van der Waals surface area contributed by atoms with Crippen molar-refractivity contribution in [2.75, 3.05) is 5.75 Å². The van der Waals surface area contributed by atoms with Crippen molar-refractivity contribution < 1.29 is 13.0 Å². The van der Waals surface area contributed by atoms with E-state index in [1.165, 1.54) is 0 Å². The summed E-state index contributed by atoms with van der Waals surface area (Å²) in [5, 5.41) is 0. The third-order valence-corrected chi connectivity index (χ3v) is 2.06. The van der Waals surface area contributed by atoms with E-state index in [1.54, 1.807) is 0 Å². The van der Waals surface area contributed by atoms with E-state index >= 15 is 0 Å². The number of hydrogen-bond acceptors (Lipinski definition) is 2. The Morgan fingerprint density at radius 2 is 1.73 bits per heavy atom. The SMILES string of the molecule is CCCCCCS(=O)(=O)O.Cl. The summed E-state index contributed by atoms with van der Waals surface area (Å²) in [6, 6.07) is 0. The molecule has 0 radical (unpaired) electrons. The first-order valence-corrected chi connectivity index (χ1v) is 5.12. The van der Waals surface area contributed by atoms with Crippen LogP contribution in [0.3, 0.4) is 0 Å². The van der Waals surface area contributed by atoms with E-state index in [9.17, 15) is 8.42 Å². The van der Waals surface area contributed by atoms with Gasteiger partial charge in [-0.3, -0.25) is 4.55 Å². The molecule has 0 unspecified atom stereocenters. The summed E-state index contributed by atoms with van der Waals surface area (Å²) in [5.74, 6) is -0.0903. The highest BCUT2D eigenvalue weighted by atomic mass is 35.5. The smallest absolute Gasteiger partial charge is 0.264 e. The molecule has 0 rings (SSSR count). The van der Waals surface area contributed by atoms with E-state index in [0.29, 0.717) is 6.42 Å². The van der Waals surface area contributed by atoms with Crippen LogP contribution in [-0.2, 0) is 10.1 Å². The highest BCUT2D eigenvalue weighted by Crippen LogP contribution is 2.00. The van der Waals surface area contributed by atoms with Crippen LogP contribution >= 0.6 is 12.4 Å². The summed E-state index contributed by atoms with van der Waals surface area (Å²) < 4.78 is 28.6. The van der Waals surface area contributed by atoms with Crippen molar-refractivity contribution in [3.8, 4) is 0 Å². The zero-order chi connectivity index (χ0) is 8.04. The van der Waals surface area contributed by atoms with Gasteiger partial charge in [-0.15, -0.1) is 12.4 Å². The van der Waals surface area contributed by atoms with Gasteiger partial charge in [0.2, 0.25) is 0 Å². The lowest BCUT2D eigenvalue weighted by Crippen LogP contribution is -2.03. The molecule has 0 aromatic rings. The van der Waals surface area contributed by atoms with Crippen LogP contribution < -0.4 is 0 Å². The van der Waals surface area contributed by atoms with Gasteiger partial charge in [0.15, 0.2) is 0 Å². The van der Waals surface area contributed by atoms with Crippen molar-refractivity contribution >= 4 is 22.5 Å². The molecule has 0 aliphatic heterocycles. The Morgan fingerprint density at radius 3 is 2.09 bits per heavy atom. The van der Waals surface area contributed by atoms with Crippen LogP contribution in [0.4, 0.5) is 0 Å². The van der Waals surface area contributed by atoms with E-state index in [4.69, 9.17) is 4.55 Å². The van der Waals surface area contributed by atoms with E-state index in [0.717, 1.165) is 19.3 Å². The Morgan fingerprint density at radius 1 is 1.18 bits per heavy atom. The van der Waals surface area contributed by atoms with Gasteiger partial charge in [0, 0.05) is 0 Å². The maximum Gasteiger partial charge on any atom is 0.264 e. The van der Waals surface area contributed by atoms with Crippen molar-refractivity contribution in [3.63, 3.8) is 0 Å². The maximum absolute atomic E-state index is 10.1. The highest BCUT2D eigenvalue weighted by Gasteiger charge is 2.01. The maximum atomic E-state index is 10.1. The van der Waals surface area contributed by atoms with Crippen LogP contribution in [0.1, 0.15) is 32.6 Å². The first-order chi connectivity index (χ1) is 4.56. The molecule has 0 aromatic carbocycles. The fourth-order valence-corrected chi connectivity index (χ4v) is 1.28. The Balaban J connectivity index is 0. The topological polar surface area (TPSA) is 54.4 Å². The lowest BCUT2D eigenvalue weighted by atomic mass is 10.2. The summed E-state index contributed by atoms with van der Waals surface area (Å²) in [4.78, 5) is 0. The summed E-state index contributed by atoms with van der Waals surface area (Å²) in [6.45, 7) is 2.05. The molecule has 1 N–H and O–H groups in total. The Bertz CT molecular complexity index is 165. The standard InChI is InChI=1S/C6H14O3S.ClH/c1-2-3-4-5-6-10(7,8)9;/h2-6H2,1H3,(H,7,8,9);1H. The van der Waals surface area contributed by atoms with Gasteiger partial charge in [-0.1, -0.05) is 26.2 Å². The molecule has 0 aromatic heterocycles. The second kappa shape index (κ2) is 6.88. The predicted molar refractivity (Wildman–Crippen MR) is 47.8 cm³/mol. The molecule has 0 saturated heterocycles. The molecule has 0 aliphatic rings. The molecule has 70 valence electrons. The number of halogens is 1. The third kappa shape index (κ3) is 13.2. The fraction of sp³-hybridized carbons (Fsp3) is 1.00. The predicted octanol–water partition coefficient (Wildman–Crippen LogP) is 1.88. The molecule has 0 amide bonds. The Hall–Kier alpha value is 0.200. The molecular formula is C6H15ClO3S. The van der Waals surface area contributed by atoms with Crippen LogP contribution in [0.5, 0.6) is 0 Å². The largest absolute Gasteiger partial charge is 0.286 e. The van der Waals surface area contributed by atoms with Gasteiger partial charge in [0.25, 0.3) is 10.1 Å². The molecular weight excluding hydrogens is 188 g/mol. The van der Waals surface area contributed by atoms with Crippen LogP contribution in [0.2, 0.25) is 0 Å². The summed E-state index contributed by atoms with van der Waals surface area (Å²) in [7, 11) is -3.70. The molecule has 0 atom stereocenters. The van der Waals surface area contributed by atoms with Crippen molar-refractivity contribution in [3.05, 3.63) is 0 Å². The van der Waals surface area contributed by atoms with Gasteiger partial charge in [-0.05, 0) is 6.42 Å². The second-order valence-corrected chi connectivity index (χ2v) is 3.92. The van der Waals surface area contributed by atoms with Gasteiger partial charge in [-0.2, -0.15) is 8.42 Å². The molecule has 11 heavy (non-hydrogen) atoms. The molecule has 3 nitrogen and oxygen atoms in total. The minimum atomic E-state index is -3.70. The van der Waals surface area contributed by atoms with E-state index in [2.05, 4.69) is 0 Å². The van der Waals surface area contributed by atoms with Gasteiger partial charge < -0.3 is 0 Å². The monoisotopic (exact) mass is 202 g/mol.